The number of rotatable bonds is 8. The first-order valence-corrected chi connectivity index (χ1v) is 7.36. The van der Waals surface area contributed by atoms with Crippen molar-refractivity contribution in [1.29, 1.82) is 0 Å². The SMILES string of the molecule is CNCCN(C)C(=O)c1cc(OCC(F)(F)F)ccc1OCC(F)(F)F.Cl. The van der Waals surface area contributed by atoms with Crippen molar-refractivity contribution in [2.45, 2.75) is 12.4 Å². The smallest absolute Gasteiger partial charge is 0.422 e. The van der Waals surface area contributed by atoms with E-state index in [2.05, 4.69) is 14.8 Å². The Bertz CT molecular complexity index is 610. The molecule has 5 nitrogen and oxygen atoms in total. The van der Waals surface area contributed by atoms with Gasteiger partial charge in [0.2, 0.25) is 0 Å². The van der Waals surface area contributed by atoms with Gasteiger partial charge >= 0.3 is 12.4 Å². The molecule has 1 aromatic rings. The number of carbonyl (C=O) groups excluding carboxylic acids is 1. The van der Waals surface area contributed by atoms with Crippen LogP contribution in [0.25, 0.3) is 0 Å². The average molecular weight is 425 g/mol. The van der Waals surface area contributed by atoms with Gasteiger partial charge < -0.3 is 19.7 Å². The second kappa shape index (κ2) is 10.5. The fourth-order valence-electron chi connectivity index (χ4n) is 1.80. The molecule has 0 saturated heterocycles. The Labute approximate surface area is 158 Å². The van der Waals surface area contributed by atoms with Crippen LogP contribution in [0.1, 0.15) is 10.4 Å². The Morgan fingerprint density at radius 2 is 1.63 bits per heavy atom. The summed E-state index contributed by atoms with van der Waals surface area (Å²) in [6, 6.07) is 2.90. The quantitative estimate of drug-likeness (QED) is 0.651. The molecule has 0 radical (unpaired) electrons. The first kappa shape index (κ1) is 25.1. The van der Waals surface area contributed by atoms with Crippen LogP contribution in [-0.2, 0) is 0 Å². The van der Waals surface area contributed by atoms with Gasteiger partial charge in [0.15, 0.2) is 13.2 Å². The van der Waals surface area contributed by atoms with Crippen molar-refractivity contribution in [3.8, 4) is 11.5 Å². The summed E-state index contributed by atoms with van der Waals surface area (Å²) >= 11 is 0. The number of amides is 1. The van der Waals surface area contributed by atoms with Gasteiger partial charge in [0.05, 0.1) is 5.56 Å². The van der Waals surface area contributed by atoms with Crippen molar-refractivity contribution < 1.29 is 40.6 Å². The zero-order valence-electron chi connectivity index (χ0n) is 14.4. The maximum atomic E-state index is 12.4. The van der Waals surface area contributed by atoms with Gasteiger partial charge in [-0.3, -0.25) is 4.79 Å². The van der Waals surface area contributed by atoms with Crippen LogP contribution >= 0.6 is 12.4 Å². The molecule has 0 fully saturated rings. The van der Waals surface area contributed by atoms with Crippen LogP contribution in [-0.4, -0.2) is 63.6 Å². The molecule has 1 N–H and O–H groups in total. The lowest BCUT2D eigenvalue weighted by atomic mass is 10.1. The number of likely N-dealkylation sites (N-methyl/N-ethyl adjacent to an activating group) is 2. The summed E-state index contributed by atoms with van der Waals surface area (Å²) in [6.45, 7) is -2.61. The summed E-state index contributed by atoms with van der Waals surface area (Å²) in [7, 11) is 3.04. The highest BCUT2D eigenvalue weighted by molar-refractivity contribution is 5.97. The van der Waals surface area contributed by atoms with Crippen LogP contribution in [0.4, 0.5) is 26.3 Å². The van der Waals surface area contributed by atoms with E-state index in [1.165, 1.54) is 11.9 Å². The van der Waals surface area contributed by atoms with Crippen molar-refractivity contribution in [1.82, 2.24) is 10.2 Å². The van der Waals surface area contributed by atoms with E-state index >= 15 is 0 Å². The molecule has 27 heavy (non-hydrogen) atoms. The molecule has 156 valence electrons. The number of hydrogen-bond acceptors (Lipinski definition) is 4. The topological polar surface area (TPSA) is 50.8 Å². The van der Waals surface area contributed by atoms with E-state index in [9.17, 15) is 31.1 Å². The lowest BCUT2D eigenvalue weighted by Gasteiger charge is -2.20. The molecule has 0 saturated carbocycles. The Morgan fingerprint density at radius 3 is 2.15 bits per heavy atom. The minimum absolute atomic E-state index is 0. The van der Waals surface area contributed by atoms with Crippen molar-refractivity contribution in [3.05, 3.63) is 23.8 Å². The first-order chi connectivity index (χ1) is 11.9. The minimum atomic E-state index is -4.64. The summed E-state index contributed by atoms with van der Waals surface area (Å²) < 4.78 is 82.9. The normalized spacial score (nSPS) is 11.6. The Hall–Kier alpha value is -1.88. The van der Waals surface area contributed by atoms with Gasteiger partial charge in [-0.05, 0) is 25.2 Å². The first-order valence-electron chi connectivity index (χ1n) is 7.36. The third-order valence-corrected chi connectivity index (χ3v) is 3.02. The Kier molecular flexibility index (Phi) is 9.73. The zero-order valence-corrected chi connectivity index (χ0v) is 15.2. The van der Waals surface area contributed by atoms with E-state index in [0.29, 0.717) is 6.54 Å². The highest BCUT2D eigenvalue weighted by Gasteiger charge is 2.31. The van der Waals surface area contributed by atoms with Gasteiger partial charge in [0.25, 0.3) is 5.91 Å². The highest BCUT2D eigenvalue weighted by atomic mass is 35.5. The maximum absolute atomic E-state index is 12.4. The lowest BCUT2D eigenvalue weighted by molar-refractivity contribution is -0.154. The molecule has 0 heterocycles. The van der Waals surface area contributed by atoms with Gasteiger partial charge in [0.1, 0.15) is 11.5 Å². The van der Waals surface area contributed by atoms with Crippen LogP contribution in [0.5, 0.6) is 11.5 Å². The van der Waals surface area contributed by atoms with Crippen LogP contribution in [0, 0.1) is 0 Å². The van der Waals surface area contributed by atoms with E-state index in [-0.39, 0.29) is 30.3 Å². The Morgan fingerprint density at radius 1 is 1.07 bits per heavy atom. The van der Waals surface area contributed by atoms with Gasteiger partial charge in [-0.1, -0.05) is 0 Å². The highest BCUT2D eigenvalue weighted by Crippen LogP contribution is 2.28. The number of alkyl halides is 6. The molecule has 0 aliphatic heterocycles. The largest absolute Gasteiger partial charge is 0.484 e. The molecule has 0 unspecified atom stereocenters. The number of nitrogens with one attached hydrogen (secondary N) is 1. The molecule has 0 aromatic heterocycles. The summed E-state index contributed by atoms with van der Waals surface area (Å²) in [5.41, 5.74) is -0.326. The fraction of sp³-hybridized carbons (Fsp3) is 0.533. The number of ether oxygens (including phenoxy) is 2. The van der Waals surface area contributed by atoms with Crippen molar-refractivity contribution >= 4 is 18.3 Å². The molecule has 0 spiro atoms. The van der Waals surface area contributed by atoms with Gasteiger partial charge in [0, 0.05) is 20.1 Å². The Balaban J connectivity index is 0.00000676. The second-order valence-electron chi connectivity index (χ2n) is 5.30. The minimum Gasteiger partial charge on any atom is -0.484 e. The van der Waals surface area contributed by atoms with Gasteiger partial charge in [-0.2, -0.15) is 26.3 Å². The third kappa shape index (κ3) is 9.57. The summed E-state index contributed by atoms with van der Waals surface area (Å²) in [4.78, 5) is 13.6. The number of benzene rings is 1. The molecular weight excluding hydrogens is 406 g/mol. The van der Waals surface area contributed by atoms with E-state index in [0.717, 1.165) is 18.2 Å². The molecule has 1 aromatic carbocycles. The summed E-state index contributed by atoms with van der Waals surface area (Å²) in [6.07, 6.45) is -9.23. The van der Waals surface area contributed by atoms with Crippen molar-refractivity contribution in [2.24, 2.45) is 0 Å². The fourth-order valence-corrected chi connectivity index (χ4v) is 1.80. The molecular formula is C15H19ClF6N2O3. The maximum Gasteiger partial charge on any atom is 0.422 e. The van der Waals surface area contributed by atoms with Crippen molar-refractivity contribution in [3.63, 3.8) is 0 Å². The number of nitrogens with zero attached hydrogens (tertiary/aromatic N) is 1. The molecule has 0 bridgehead atoms. The monoisotopic (exact) mass is 424 g/mol. The number of carbonyl (C=O) groups is 1. The van der Waals surface area contributed by atoms with E-state index in [1.807, 2.05) is 0 Å². The average Bonchev–Trinajstić information content (AvgIpc) is 2.54. The van der Waals surface area contributed by atoms with Crippen LogP contribution in [0.15, 0.2) is 18.2 Å². The van der Waals surface area contributed by atoms with Gasteiger partial charge in [-0.25, -0.2) is 0 Å². The predicted octanol–water partition coefficient (Wildman–Crippen LogP) is 3.28. The number of halogens is 7. The molecule has 0 aliphatic rings. The molecule has 12 heteroatoms. The molecule has 1 amide bonds. The van der Waals surface area contributed by atoms with Crippen LogP contribution in [0.2, 0.25) is 0 Å². The lowest BCUT2D eigenvalue weighted by Crippen LogP contribution is -2.33. The standard InChI is InChI=1S/C15H18F6N2O3.ClH/c1-22-5-6-23(2)13(24)11-7-10(25-8-14(16,17)18)3-4-12(11)26-9-15(19,20)21;/h3-4,7,22H,5-6,8-9H2,1-2H3;1H. The molecule has 0 aliphatic carbocycles. The van der Waals surface area contributed by atoms with Crippen molar-refractivity contribution in [2.75, 3.05) is 40.4 Å². The predicted molar refractivity (Wildman–Crippen MR) is 87.7 cm³/mol. The third-order valence-electron chi connectivity index (χ3n) is 3.02. The molecule has 0 atom stereocenters. The molecule has 1 rings (SSSR count). The van der Waals surface area contributed by atoms with Crippen LogP contribution in [0.3, 0.4) is 0 Å². The zero-order chi connectivity index (χ0) is 20.0. The van der Waals surface area contributed by atoms with E-state index in [4.69, 9.17) is 0 Å². The number of hydrogen-bond donors (Lipinski definition) is 1. The second-order valence-corrected chi connectivity index (χ2v) is 5.30. The van der Waals surface area contributed by atoms with E-state index < -0.39 is 37.2 Å². The van der Waals surface area contributed by atoms with Gasteiger partial charge in [-0.15, -0.1) is 12.4 Å². The van der Waals surface area contributed by atoms with Crippen LogP contribution < -0.4 is 14.8 Å². The summed E-state index contributed by atoms with van der Waals surface area (Å²) in [5, 5.41) is 2.79. The van der Waals surface area contributed by atoms with E-state index in [1.54, 1.807) is 7.05 Å². The summed E-state index contributed by atoms with van der Waals surface area (Å²) in [5.74, 6) is -1.43.